The Balaban J connectivity index is 2.07. The molecule has 0 fully saturated rings. The molecule has 0 saturated heterocycles. The quantitative estimate of drug-likeness (QED) is 0.906. The number of nitrogens with one attached hydrogen (secondary N) is 1. The third kappa shape index (κ3) is 3.04. The lowest BCUT2D eigenvalue weighted by Crippen LogP contribution is -2.22. The molecular weight excluding hydrogens is 260 g/mol. The van der Waals surface area contributed by atoms with E-state index in [9.17, 15) is 8.78 Å². The van der Waals surface area contributed by atoms with Gasteiger partial charge in [0, 0.05) is 30.0 Å². The lowest BCUT2D eigenvalue weighted by Gasteiger charge is -2.17. The molecule has 3 nitrogen and oxygen atoms in total. The van der Waals surface area contributed by atoms with Crippen LogP contribution in [0.2, 0.25) is 0 Å². The van der Waals surface area contributed by atoms with E-state index in [-0.39, 0.29) is 6.04 Å². The number of halogens is 2. The van der Waals surface area contributed by atoms with Crippen molar-refractivity contribution < 1.29 is 8.78 Å². The summed E-state index contributed by atoms with van der Waals surface area (Å²) >= 11 is 0. The van der Waals surface area contributed by atoms with Gasteiger partial charge >= 0.3 is 0 Å². The molecule has 20 heavy (non-hydrogen) atoms. The minimum absolute atomic E-state index is 0.289. The van der Waals surface area contributed by atoms with Crippen LogP contribution in [0.25, 0.3) is 0 Å². The number of hydrogen-bond acceptors (Lipinski definition) is 2. The van der Waals surface area contributed by atoms with Gasteiger partial charge in [0.15, 0.2) is 11.6 Å². The molecule has 1 heterocycles. The number of aromatic nitrogens is 2. The van der Waals surface area contributed by atoms with Crippen LogP contribution in [-0.4, -0.2) is 9.55 Å². The molecule has 0 radical (unpaired) electrons. The third-order valence-corrected chi connectivity index (χ3v) is 3.32. The molecule has 2 aromatic rings. The maximum absolute atomic E-state index is 13.7. The second-order valence-electron chi connectivity index (χ2n) is 5.09. The first kappa shape index (κ1) is 14.7. The SMILES string of the molecule is CC(NCc1nccn1C(C)C)c1cccc(F)c1F. The van der Waals surface area contributed by atoms with Gasteiger partial charge in [-0.05, 0) is 26.8 Å². The molecule has 0 aliphatic heterocycles. The van der Waals surface area contributed by atoms with Gasteiger partial charge in [0.25, 0.3) is 0 Å². The average molecular weight is 279 g/mol. The molecule has 1 aromatic carbocycles. The summed E-state index contributed by atoms with van der Waals surface area (Å²) in [5, 5.41) is 3.17. The van der Waals surface area contributed by atoms with Gasteiger partial charge in [-0.15, -0.1) is 0 Å². The maximum Gasteiger partial charge on any atom is 0.163 e. The first-order valence-corrected chi connectivity index (χ1v) is 6.69. The van der Waals surface area contributed by atoms with E-state index in [1.807, 2.05) is 10.8 Å². The van der Waals surface area contributed by atoms with Crippen LogP contribution in [-0.2, 0) is 6.54 Å². The van der Waals surface area contributed by atoms with E-state index in [0.717, 1.165) is 11.9 Å². The first-order chi connectivity index (χ1) is 9.50. The van der Waals surface area contributed by atoms with Crippen molar-refractivity contribution in [1.29, 1.82) is 0 Å². The molecule has 1 aromatic heterocycles. The summed E-state index contributed by atoms with van der Waals surface area (Å²) in [7, 11) is 0. The number of hydrogen-bond donors (Lipinski definition) is 1. The molecule has 0 spiro atoms. The molecule has 2 rings (SSSR count). The Morgan fingerprint density at radius 3 is 2.70 bits per heavy atom. The summed E-state index contributed by atoms with van der Waals surface area (Å²) in [6, 6.07) is 4.25. The van der Waals surface area contributed by atoms with Crippen molar-refractivity contribution in [2.75, 3.05) is 0 Å². The van der Waals surface area contributed by atoms with Gasteiger partial charge in [-0.25, -0.2) is 13.8 Å². The zero-order chi connectivity index (χ0) is 14.7. The molecule has 0 bridgehead atoms. The topological polar surface area (TPSA) is 29.9 Å². The molecule has 0 amide bonds. The van der Waals surface area contributed by atoms with Gasteiger partial charge in [-0.1, -0.05) is 12.1 Å². The first-order valence-electron chi connectivity index (χ1n) is 6.69. The largest absolute Gasteiger partial charge is 0.331 e. The highest BCUT2D eigenvalue weighted by Gasteiger charge is 2.14. The van der Waals surface area contributed by atoms with E-state index in [2.05, 4.69) is 24.1 Å². The number of rotatable bonds is 5. The standard InChI is InChI=1S/C15H19F2N3/c1-10(2)20-8-7-18-14(20)9-19-11(3)12-5-4-6-13(16)15(12)17/h4-8,10-11,19H,9H2,1-3H3. The summed E-state index contributed by atoms with van der Waals surface area (Å²) in [5.74, 6) is -0.733. The normalized spacial score (nSPS) is 12.9. The zero-order valence-corrected chi connectivity index (χ0v) is 11.9. The molecule has 0 aliphatic rings. The van der Waals surface area contributed by atoms with E-state index in [0.29, 0.717) is 18.2 Å². The minimum Gasteiger partial charge on any atom is -0.331 e. The van der Waals surface area contributed by atoms with Crippen LogP contribution in [0, 0.1) is 11.6 Å². The van der Waals surface area contributed by atoms with Crippen molar-refractivity contribution in [3.05, 3.63) is 53.6 Å². The van der Waals surface area contributed by atoms with Crippen molar-refractivity contribution in [2.24, 2.45) is 0 Å². The van der Waals surface area contributed by atoms with Crippen LogP contribution >= 0.6 is 0 Å². The van der Waals surface area contributed by atoms with Gasteiger partial charge in [0.05, 0.1) is 6.54 Å². The number of imidazole rings is 1. The molecule has 1 atom stereocenters. The molecule has 0 aliphatic carbocycles. The monoisotopic (exact) mass is 279 g/mol. The summed E-state index contributed by atoms with van der Waals surface area (Å²) in [6.45, 7) is 6.45. The van der Waals surface area contributed by atoms with Crippen LogP contribution in [0.1, 0.15) is 44.2 Å². The Labute approximate surface area is 117 Å². The smallest absolute Gasteiger partial charge is 0.163 e. The fourth-order valence-electron chi connectivity index (χ4n) is 2.16. The number of nitrogens with zero attached hydrogens (tertiary/aromatic N) is 2. The zero-order valence-electron chi connectivity index (χ0n) is 11.9. The Kier molecular flexibility index (Phi) is 4.49. The minimum atomic E-state index is -0.820. The Morgan fingerprint density at radius 1 is 1.25 bits per heavy atom. The Morgan fingerprint density at radius 2 is 2.00 bits per heavy atom. The highest BCUT2D eigenvalue weighted by molar-refractivity contribution is 5.22. The van der Waals surface area contributed by atoms with Gasteiger partial charge in [-0.3, -0.25) is 0 Å². The summed E-state index contributed by atoms with van der Waals surface area (Å²) in [6.07, 6.45) is 3.65. The van der Waals surface area contributed by atoms with Gasteiger partial charge in [0.1, 0.15) is 5.82 Å². The van der Waals surface area contributed by atoms with Gasteiger partial charge < -0.3 is 9.88 Å². The van der Waals surface area contributed by atoms with Crippen molar-refractivity contribution in [1.82, 2.24) is 14.9 Å². The van der Waals surface area contributed by atoms with E-state index in [4.69, 9.17) is 0 Å². The van der Waals surface area contributed by atoms with Crippen molar-refractivity contribution in [3.8, 4) is 0 Å². The van der Waals surface area contributed by atoms with Crippen molar-refractivity contribution in [3.63, 3.8) is 0 Å². The molecule has 108 valence electrons. The van der Waals surface area contributed by atoms with E-state index >= 15 is 0 Å². The second kappa shape index (κ2) is 6.13. The van der Waals surface area contributed by atoms with Crippen LogP contribution in [0.15, 0.2) is 30.6 Å². The predicted molar refractivity (Wildman–Crippen MR) is 74.2 cm³/mol. The average Bonchev–Trinajstić information content (AvgIpc) is 2.87. The third-order valence-electron chi connectivity index (χ3n) is 3.32. The highest BCUT2D eigenvalue weighted by Crippen LogP contribution is 2.19. The van der Waals surface area contributed by atoms with Crippen LogP contribution in [0.3, 0.4) is 0 Å². The van der Waals surface area contributed by atoms with E-state index in [1.54, 1.807) is 19.2 Å². The molecule has 1 unspecified atom stereocenters. The fourth-order valence-corrected chi connectivity index (χ4v) is 2.16. The molecule has 1 N–H and O–H groups in total. The molecule has 5 heteroatoms. The summed E-state index contributed by atoms with van der Waals surface area (Å²) in [5.41, 5.74) is 0.327. The van der Waals surface area contributed by atoms with Gasteiger partial charge in [0.2, 0.25) is 0 Å². The van der Waals surface area contributed by atoms with E-state index in [1.165, 1.54) is 6.07 Å². The Bertz CT molecular complexity index is 578. The van der Waals surface area contributed by atoms with Crippen molar-refractivity contribution in [2.45, 2.75) is 39.4 Å². The summed E-state index contributed by atoms with van der Waals surface area (Å²) in [4.78, 5) is 4.28. The fraction of sp³-hybridized carbons (Fsp3) is 0.400. The van der Waals surface area contributed by atoms with Crippen LogP contribution < -0.4 is 5.32 Å². The highest BCUT2D eigenvalue weighted by atomic mass is 19.2. The van der Waals surface area contributed by atoms with Crippen LogP contribution in [0.5, 0.6) is 0 Å². The lowest BCUT2D eigenvalue weighted by molar-refractivity contribution is 0.463. The maximum atomic E-state index is 13.7. The van der Waals surface area contributed by atoms with Gasteiger partial charge in [-0.2, -0.15) is 0 Å². The van der Waals surface area contributed by atoms with E-state index < -0.39 is 11.6 Å². The van der Waals surface area contributed by atoms with Crippen molar-refractivity contribution >= 4 is 0 Å². The predicted octanol–water partition coefficient (Wildman–Crippen LogP) is 3.59. The summed E-state index contributed by atoms with van der Waals surface area (Å²) < 4.78 is 28.9. The lowest BCUT2D eigenvalue weighted by atomic mass is 10.1. The Hall–Kier alpha value is -1.75. The second-order valence-corrected chi connectivity index (χ2v) is 5.09. The number of benzene rings is 1. The van der Waals surface area contributed by atoms with Crippen LogP contribution in [0.4, 0.5) is 8.78 Å². The molecular formula is C15H19F2N3. The molecule has 0 saturated carbocycles.